The summed E-state index contributed by atoms with van der Waals surface area (Å²) >= 11 is 0. The predicted octanol–water partition coefficient (Wildman–Crippen LogP) is 2.12. The number of hydrogen-bond acceptors (Lipinski definition) is 6. The molecule has 8 nitrogen and oxygen atoms in total. The van der Waals surface area contributed by atoms with Crippen molar-refractivity contribution in [2.45, 2.75) is 38.0 Å². The van der Waals surface area contributed by atoms with Gasteiger partial charge in [0.25, 0.3) is 5.91 Å². The Morgan fingerprint density at radius 1 is 1.35 bits per heavy atom. The molecule has 8 heteroatoms. The van der Waals surface area contributed by atoms with Gasteiger partial charge in [-0.1, -0.05) is 40.7 Å². The Morgan fingerprint density at radius 3 is 2.85 bits per heavy atom. The van der Waals surface area contributed by atoms with Crippen LogP contribution in [0.4, 0.5) is 0 Å². The van der Waals surface area contributed by atoms with Crippen LogP contribution < -0.4 is 5.32 Å². The number of nitrogens with zero attached hydrogens (tertiary/aromatic N) is 4. The minimum absolute atomic E-state index is 0.0313. The Bertz CT molecular complexity index is 896. The van der Waals surface area contributed by atoms with Crippen molar-refractivity contribution >= 4 is 5.91 Å². The van der Waals surface area contributed by atoms with Crippen molar-refractivity contribution in [3.63, 3.8) is 0 Å². The second-order valence-corrected chi connectivity index (χ2v) is 6.52. The van der Waals surface area contributed by atoms with Crippen LogP contribution in [0, 0.1) is 0 Å². The number of aromatic nitrogens is 4. The number of hydrogen-bond donors (Lipinski definition) is 2. The topological polar surface area (TPSA) is 106 Å². The van der Waals surface area contributed by atoms with Gasteiger partial charge in [-0.3, -0.25) is 4.79 Å². The third kappa shape index (κ3) is 3.11. The Morgan fingerprint density at radius 2 is 2.12 bits per heavy atom. The minimum atomic E-state index is -0.621. The molecule has 1 aliphatic carbocycles. The quantitative estimate of drug-likeness (QED) is 0.728. The molecule has 0 bridgehead atoms. The van der Waals surface area contributed by atoms with Gasteiger partial charge in [-0.25, -0.2) is 4.68 Å². The first-order chi connectivity index (χ1) is 12.6. The standard InChI is InChI=1S/C18H19N5O3/c1-11(24)16-10-19-22-23(16)14-7-13(8-14)20-18(25)17-9-15(21-26-17)12-5-3-2-4-6-12/h2-6,9-11,13-14,24H,7-8H2,1H3,(H,20,25)/t11-,13-,14-/m0/s1. The van der Waals surface area contributed by atoms with Crippen molar-refractivity contribution in [3.8, 4) is 11.3 Å². The summed E-state index contributed by atoms with van der Waals surface area (Å²) < 4.78 is 6.91. The van der Waals surface area contributed by atoms with Crippen molar-refractivity contribution in [2.75, 3.05) is 0 Å². The van der Waals surface area contributed by atoms with Crippen LogP contribution in [0.2, 0.25) is 0 Å². The number of aliphatic hydroxyl groups is 1. The molecule has 1 aromatic carbocycles. The van der Waals surface area contributed by atoms with E-state index in [0.29, 0.717) is 11.4 Å². The van der Waals surface area contributed by atoms with Crippen LogP contribution in [0.5, 0.6) is 0 Å². The average Bonchev–Trinajstić information content (AvgIpc) is 3.27. The molecule has 26 heavy (non-hydrogen) atoms. The lowest BCUT2D eigenvalue weighted by Crippen LogP contribution is -2.45. The van der Waals surface area contributed by atoms with Crippen LogP contribution >= 0.6 is 0 Å². The van der Waals surface area contributed by atoms with Crippen molar-refractivity contribution in [3.05, 3.63) is 54.0 Å². The molecule has 0 radical (unpaired) electrons. The third-order valence-corrected chi connectivity index (χ3v) is 4.63. The first kappa shape index (κ1) is 16.5. The lowest BCUT2D eigenvalue weighted by atomic mass is 9.86. The summed E-state index contributed by atoms with van der Waals surface area (Å²) in [5.74, 6) is -0.0878. The number of amides is 1. The summed E-state index contributed by atoms with van der Waals surface area (Å²) in [5, 5.41) is 24.5. The Hall–Kier alpha value is -3.00. The lowest BCUT2D eigenvalue weighted by molar-refractivity contribution is 0.0842. The molecule has 1 fully saturated rings. The van der Waals surface area contributed by atoms with Gasteiger partial charge in [0.05, 0.1) is 24.0 Å². The van der Waals surface area contributed by atoms with Gasteiger partial charge in [0.15, 0.2) is 0 Å². The fourth-order valence-corrected chi connectivity index (χ4v) is 3.12. The maximum absolute atomic E-state index is 12.3. The third-order valence-electron chi connectivity index (χ3n) is 4.63. The zero-order chi connectivity index (χ0) is 18.1. The van der Waals surface area contributed by atoms with Gasteiger partial charge in [0, 0.05) is 17.7 Å². The molecule has 1 aliphatic rings. The molecule has 1 amide bonds. The SMILES string of the molecule is C[C@H](O)c1cnnn1[C@H]1C[C@H](NC(=O)c2cc(-c3ccccc3)no2)C1. The molecule has 2 heterocycles. The number of carbonyl (C=O) groups excluding carboxylic acids is 1. The Labute approximate surface area is 149 Å². The molecule has 4 rings (SSSR count). The monoisotopic (exact) mass is 353 g/mol. The maximum atomic E-state index is 12.3. The predicted molar refractivity (Wildman–Crippen MR) is 92.1 cm³/mol. The molecule has 134 valence electrons. The highest BCUT2D eigenvalue weighted by Gasteiger charge is 2.34. The van der Waals surface area contributed by atoms with Crippen molar-refractivity contribution in [2.24, 2.45) is 0 Å². The molecule has 2 aromatic heterocycles. The normalized spacial score (nSPS) is 20.4. The summed E-state index contributed by atoms with van der Waals surface area (Å²) in [7, 11) is 0. The van der Waals surface area contributed by atoms with Crippen LogP contribution in [0.25, 0.3) is 11.3 Å². The van der Waals surface area contributed by atoms with E-state index in [-0.39, 0.29) is 23.8 Å². The van der Waals surface area contributed by atoms with E-state index in [4.69, 9.17) is 4.52 Å². The van der Waals surface area contributed by atoms with Crippen LogP contribution in [0.15, 0.2) is 47.1 Å². The number of benzene rings is 1. The Kier molecular flexibility index (Phi) is 4.26. The molecule has 1 saturated carbocycles. The molecule has 1 atom stereocenters. The van der Waals surface area contributed by atoms with Crippen molar-refractivity contribution in [1.82, 2.24) is 25.5 Å². The van der Waals surface area contributed by atoms with E-state index >= 15 is 0 Å². The zero-order valence-electron chi connectivity index (χ0n) is 14.2. The highest BCUT2D eigenvalue weighted by Crippen LogP contribution is 2.33. The lowest BCUT2D eigenvalue weighted by Gasteiger charge is -2.36. The van der Waals surface area contributed by atoms with Crippen molar-refractivity contribution < 1.29 is 14.4 Å². The molecule has 2 N–H and O–H groups in total. The van der Waals surface area contributed by atoms with E-state index < -0.39 is 6.10 Å². The smallest absolute Gasteiger partial charge is 0.290 e. The summed E-state index contributed by atoms with van der Waals surface area (Å²) in [4.78, 5) is 12.3. The second-order valence-electron chi connectivity index (χ2n) is 6.52. The van der Waals surface area contributed by atoms with Gasteiger partial charge in [-0.05, 0) is 19.8 Å². The highest BCUT2D eigenvalue weighted by molar-refractivity contribution is 5.92. The van der Waals surface area contributed by atoms with Gasteiger partial charge in [0.2, 0.25) is 5.76 Å². The van der Waals surface area contributed by atoms with E-state index in [0.717, 1.165) is 18.4 Å². The first-order valence-electron chi connectivity index (χ1n) is 8.53. The summed E-state index contributed by atoms with van der Waals surface area (Å²) in [6.07, 6.45) is 2.41. The van der Waals surface area contributed by atoms with Crippen LogP contribution in [0.3, 0.4) is 0 Å². The molecule has 0 unspecified atom stereocenters. The van der Waals surface area contributed by atoms with Crippen LogP contribution in [-0.4, -0.2) is 37.2 Å². The van der Waals surface area contributed by atoms with E-state index in [2.05, 4.69) is 20.8 Å². The fourth-order valence-electron chi connectivity index (χ4n) is 3.12. The molecular formula is C18H19N5O3. The molecule has 3 aromatic rings. The van der Waals surface area contributed by atoms with E-state index in [9.17, 15) is 9.90 Å². The van der Waals surface area contributed by atoms with Gasteiger partial charge in [0.1, 0.15) is 5.69 Å². The molecule has 0 spiro atoms. The van der Waals surface area contributed by atoms with Gasteiger partial charge in [-0.15, -0.1) is 5.10 Å². The average molecular weight is 353 g/mol. The molecular weight excluding hydrogens is 334 g/mol. The molecule has 0 saturated heterocycles. The summed E-state index contributed by atoms with van der Waals surface area (Å²) in [6, 6.07) is 11.4. The second kappa shape index (κ2) is 6.72. The molecule has 0 aliphatic heterocycles. The van der Waals surface area contributed by atoms with E-state index in [1.54, 1.807) is 23.9 Å². The van der Waals surface area contributed by atoms with E-state index in [1.165, 1.54) is 0 Å². The minimum Gasteiger partial charge on any atom is -0.387 e. The highest BCUT2D eigenvalue weighted by atomic mass is 16.5. The summed E-state index contributed by atoms with van der Waals surface area (Å²) in [6.45, 7) is 1.68. The zero-order valence-corrected chi connectivity index (χ0v) is 14.2. The van der Waals surface area contributed by atoms with Gasteiger partial charge >= 0.3 is 0 Å². The fraction of sp³-hybridized carbons (Fsp3) is 0.333. The number of carbonyl (C=O) groups is 1. The van der Waals surface area contributed by atoms with Crippen LogP contribution in [0.1, 0.15) is 48.2 Å². The van der Waals surface area contributed by atoms with Gasteiger partial charge < -0.3 is 14.9 Å². The summed E-state index contributed by atoms with van der Waals surface area (Å²) in [5.41, 5.74) is 2.21. The number of nitrogens with one attached hydrogen (secondary N) is 1. The van der Waals surface area contributed by atoms with Gasteiger partial charge in [-0.2, -0.15) is 0 Å². The maximum Gasteiger partial charge on any atom is 0.290 e. The van der Waals surface area contributed by atoms with Crippen molar-refractivity contribution in [1.29, 1.82) is 0 Å². The number of rotatable bonds is 5. The van der Waals surface area contributed by atoms with Crippen LogP contribution in [-0.2, 0) is 0 Å². The largest absolute Gasteiger partial charge is 0.387 e. The Balaban J connectivity index is 1.36. The first-order valence-corrected chi connectivity index (χ1v) is 8.53. The number of aliphatic hydroxyl groups excluding tert-OH is 1. The van der Waals surface area contributed by atoms with E-state index in [1.807, 2.05) is 30.3 Å².